The first kappa shape index (κ1) is 16.3. The van der Waals surface area contributed by atoms with E-state index in [2.05, 4.69) is 9.97 Å². The molecule has 1 heterocycles. The molecule has 0 aliphatic heterocycles. The van der Waals surface area contributed by atoms with Crippen molar-refractivity contribution in [2.75, 3.05) is 0 Å². The molecule has 0 radical (unpaired) electrons. The summed E-state index contributed by atoms with van der Waals surface area (Å²) < 4.78 is 24.3. The molecule has 0 saturated carbocycles. The van der Waals surface area contributed by atoms with Gasteiger partial charge < -0.3 is 5.11 Å². The molecule has 21 heavy (non-hydrogen) atoms. The zero-order valence-electron chi connectivity index (χ0n) is 10.4. The van der Waals surface area contributed by atoms with Crippen molar-refractivity contribution in [2.24, 2.45) is 0 Å². The van der Waals surface area contributed by atoms with Gasteiger partial charge in [0.15, 0.2) is 15.6 Å². The maximum atomic E-state index is 12.2. The van der Waals surface area contributed by atoms with Crippen molar-refractivity contribution in [1.82, 2.24) is 9.97 Å². The number of hydrogen-bond acceptors (Lipinski definition) is 5. The third-order valence-electron chi connectivity index (χ3n) is 2.48. The highest BCUT2D eigenvalue weighted by Gasteiger charge is 2.18. The van der Waals surface area contributed by atoms with E-state index in [1.807, 2.05) is 0 Å². The van der Waals surface area contributed by atoms with Crippen LogP contribution in [-0.2, 0) is 21.3 Å². The number of aromatic nitrogens is 2. The van der Waals surface area contributed by atoms with E-state index in [1.54, 1.807) is 0 Å². The molecule has 1 aromatic heterocycles. The van der Waals surface area contributed by atoms with Crippen molar-refractivity contribution in [3.05, 3.63) is 51.0 Å². The third-order valence-corrected chi connectivity index (χ3v) is 4.59. The lowest BCUT2D eigenvalue weighted by atomic mass is 10.2. The maximum Gasteiger partial charge on any atom is 0.222 e. The highest BCUT2D eigenvalue weighted by atomic mass is 35.5. The predicted octanol–water partition coefficient (Wildman–Crippen LogP) is 3.26. The van der Waals surface area contributed by atoms with E-state index >= 15 is 0 Å². The van der Waals surface area contributed by atoms with Crippen LogP contribution in [-0.4, -0.2) is 23.5 Å². The fourth-order valence-electron chi connectivity index (χ4n) is 1.70. The number of rotatable bonds is 4. The average Bonchev–Trinajstić information content (AvgIpc) is 2.31. The molecule has 0 atom stereocenters. The van der Waals surface area contributed by atoms with Crippen LogP contribution in [0, 0.1) is 0 Å². The van der Waals surface area contributed by atoms with Crippen LogP contribution in [0.25, 0.3) is 0 Å². The SMILES string of the molecule is O=S(=O)(Cc1cc(Cl)cc(Cl)c1)Cc1nc(Cl)ncc1O. The molecule has 0 unspecified atom stereocenters. The quantitative estimate of drug-likeness (QED) is 0.839. The molecule has 9 heteroatoms. The van der Waals surface area contributed by atoms with Crippen LogP contribution < -0.4 is 0 Å². The van der Waals surface area contributed by atoms with Crippen LogP contribution in [0.1, 0.15) is 11.3 Å². The fourth-order valence-corrected chi connectivity index (χ4v) is 3.83. The van der Waals surface area contributed by atoms with Gasteiger partial charge in [-0.05, 0) is 35.4 Å². The van der Waals surface area contributed by atoms with Crippen molar-refractivity contribution < 1.29 is 13.5 Å². The molecule has 0 saturated heterocycles. The van der Waals surface area contributed by atoms with Crippen molar-refractivity contribution in [3.8, 4) is 5.75 Å². The van der Waals surface area contributed by atoms with Gasteiger partial charge in [-0.15, -0.1) is 0 Å². The molecule has 0 spiro atoms. The summed E-state index contributed by atoms with van der Waals surface area (Å²) in [6, 6.07) is 4.53. The third kappa shape index (κ3) is 4.71. The van der Waals surface area contributed by atoms with Crippen LogP contribution in [0.4, 0.5) is 0 Å². The molecule has 0 aliphatic carbocycles. The van der Waals surface area contributed by atoms with Crippen molar-refractivity contribution >= 4 is 44.6 Å². The molecular formula is C12H9Cl3N2O3S. The smallest absolute Gasteiger partial charge is 0.222 e. The Kier molecular flexibility index (Phi) is 4.93. The number of aromatic hydroxyl groups is 1. The van der Waals surface area contributed by atoms with Gasteiger partial charge in [-0.25, -0.2) is 18.4 Å². The first-order valence-corrected chi connectivity index (χ1v) is 8.56. The minimum Gasteiger partial charge on any atom is -0.504 e. The number of sulfone groups is 1. The van der Waals surface area contributed by atoms with E-state index in [1.165, 1.54) is 18.2 Å². The first-order valence-electron chi connectivity index (χ1n) is 5.61. The molecule has 0 aliphatic rings. The Labute approximate surface area is 136 Å². The van der Waals surface area contributed by atoms with Crippen LogP contribution in [0.2, 0.25) is 15.3 Å². The van der Waals surface area contributed by atoms with Crippen molar-refractivity contribution in [2.45, 2.75) is 11.5 Å². The lowest BCUT2D eigenvalue weighted by molar-refractivity contribution is 0.462. The molecule has 0 bridgehead atoms. The van der Waals surface area contributed by atoms with Gasteiger partial charge >= 0.3 is 0 Å². The second-order valence-electron chi connectivity index (χ2n) is 4.28. The summed E-state index contributed by atoms with van der Waals surface area (Å²) in [5.74, 6) is -1.08. The number of hydrogen-bond donors (Lipinski definition) is 1. The molecular weight excluding hydrogens is 359 g/mol. The summed E-state index contributed by atoms with van der Waals surface area (Å²) in [7, 11) is -3.59. The van der Waals surface area contributed by atoms with Gasteiger partial charge in [-0.3, -0.25) is 0 Å². The number of nitrogens with zero attached hydrogens (tertiary/aromatic N) is 2. The Morgan fingerprint density at radius 1 is 1.05 bits per heavy atom. The topological polar surface area (TPSA) is 80.2 Å². The zero-order valence-corrected chi connectivity index (χ0v) is 13.5. The Balaban J connectivity index is 2.24. The molecule has 0 amide bonds. The largest absolute Gasteiger partial charge is 0.504 e. The second kappa shape index (κ2) is 6.36. The van der Waals surface area contributed by atoms with Crippen LogP contribution in [0.3, 0.4) is 0 Å². The van der Waals surface area contributed by atoms with Crippen LogP contribution >= 0.6 is 34.8 Å². The monoisotopic (exact) mass is 366 g/mol. The molecule has 112 valence electrons. The highest BCUT2D eigenvalue weighted by Crippen LogP contribution is 2.23. The van der Waals surface area contributed by atoms with E-state index in [0.29, 0.717) is 15.6 Å². The van der Waals surface area contributed by atoms with E-state index in [-0.39, 0.29) is 22.5 Å². The van der Waals surface area contributed by atoms with Crippen LogP contribution in [0.15, 0.2) is 24.4 Å². The summed E-state index contributed by atoms with van der Waals surface area (Å²) in [5.41, 5.74) is 0.398. The van der Waals surface area contributed by atoms with E-state index in [0.717, 1.165) is 6.20 Å². The van der Waals surface area contributed by atoms with Gasteiger partial charge in [0.05, 0.1) is 17.7 Å². The Hall–Kier alpha value is -1.08. The number of benzene rings is 1. The minimum absolute atomic E-state index is 0.0527. The summed E-state index contributed by atoms with van der Waals surface area (Å²) in [5, 5.41) is 10.1. The Morgan fingerprint density at radius 3 is 2.29 bits per heavy atom. The van der Waals surface area contributed by atoms with Gasteiger partial charge in [0.1, 0.15) is 5.69 Å². The van der Waals surface area contributed by atoms with Crippen molar-refractivity contribution in [3.63, 3.8) is 0 Å². The second-order valence-corrected chi connectivity index (χ2v) is 7.56. The molecule has 2 aromatic rings. The van der Waals surface area contributed by atoms with Crippen molar-refractivity contribution in [1.29, 1.82) is 0 Å². The fraction of sp³-hybridized carbons (Fsp3) is 0.167. The van der Waals surface area contributed by atoms with Gasteiger partial charge in [-0.1, -0.05) is 23.2 Å². The summed E-state index contributed by atoms with van der Waals surface area (Å²) in [6.07, 6.45) is 1.05. The molecule has 1 N–H and O–H groups in total. The average molecular weight is 368 g/mol. The maximum absolute atomic E-state index is 12.2. The van der Waals surface area contributed by atoms with E-state index in [4.69, 9.17) is 34.8 Å². The van der Waals surface area contributed by atoms with Gasteiger partial charge in [0, 0.05) is 10.0 Å². The minimum atomic E-state index is -3.59. The highest BCUT2D eigenvalue weighted by molar-refractivity contribution is 7.89. The number of halogens is 3. The van der Waals surface area contributed by atoms with Crippen LogP contribution in [0.5, 0.6) is 5.75 Å². The zero-order chi connectivity index (χ0) is 15.6. The lowest BCUT2D eigenvalue weighted by Crippen LogP contribution is -2.09. The normalized spacial score (nSPS) is 11.6. The summed E-state index contributed by atoms with van der Waals surface area (Å²) in [6.45, 7) is 0. The molecule has 5 nitrogen and oxygen atoms in total. The standard InChI is InChI=1S/C12H9Cl3N2O3S/c13-8-1-7(2-9(14)3-8)5-21(19,20)6-10-11(18)4-16-12(15)17-10/h1-4,18H,5-6H2. The van der Waals surface area contributed by atoms with Gasteiger partial charge in [0.25, 0.3) is 0 Å². The summed E-state index contributed by atoms with van der Waals surface area (Å²) in [4.78, 5) is 7.26. The lowest BCUT2D eigenvalue weighted by Gasteiger charge is -2.07. The van der Waals surface area contributed by atoms with E-state index in [9.17, 15) is 13.5 Å². The Morgan fingerprint density at radius 2 is 1.67 bits per heavy atom. The molecule has 1 aromatic carbocycles. The predicted molar refractivity (Wildman–Crippen MR) is 81.5 cm³/mol. The Bertz CT molecular complexity index is 761. The van der Waals surface area contributed by atoms with E-state index < -0.39 is 15.6 Å². The summed E-state index contributed by atoms with van der Waals surface area (Å²) >= 11 is 17.2. The molecule has 0 fully saturated rings. The van der Waals surface area contributed by atoms with Gasteiger partial charge in [0.2, 0.25) is 5.28 Å². The first-order chi connectivity index (χ1) is 9.75. The molecule has 2 rings (SSSR count). The van der Waals surface area contributed by atoms with Gasteiger partial charge in [-0.2, -0.15) is 0 Å².